The number of amides is 1. The first-order chi connectivity index (χ1) is 17.1. The Bertz CT molecular complexity index is 1430. The average molecular weight is 531 g/mol. The lowest BCUT2D eigenvalue weighted by molar-refractivity contribution is -0.144. The first-order valence-electron chi connectivity index (χ1n) is 11.2. The molecule has 0 saturated heterocycles. The molecule has 9 nitrogen and oxygen atoms in total. The van der Waals surface area contributed by atoms with Gasteiger partial charge in [0.25, 0.3) is 5.91 Å². The maximum atomic E-state index is 13.8. The van der Waals surface area contributed by atoms with Crippen LogP contribution in [0.3, 0.4) is 0 Å². The van der Waals surface area contributed by atoms with Gasteiger partial charge in [0.05, 0.1) is 9.79 Å². The van der Waals surface area contributed by atoms with Crippen molar-refractivity contribution >= 4 is 25.8 Å². The zero-order chi connectivity index (χ0) is 26.0. The van der Waals surface area contributed by atoms with Gasteiger partial charge >= 0.3 is 0 Å². The van der Waals surface area contributed by atoms with Gasteiger partial charge in [-0.3, -0.25) is 10.0 Å². The maximum absolute atomic E-state index is 13.8. The Hall–Kier alpha value is -3.25. The number of sulfonamides is 1. The van der Waals surface area contributed by atoms with Crippen LogP contribution in [0.4, 0.5) is 0 Å². The molecule has 1 saturated carbocycles. The third-order valence-corrected chi connectivity index (χ3v) is 9.31. The second-order valence-electron chi connectivity index (χ2n) is 8.64. The van der Waals surface area contributed by atoms with Gasteiger partial charge < -0.3 is 4.74 Å². The number of benzene rings is 3. The number of carbonyl (C=O) groups is 1. The van der Waals surface area contributed by atoms with Gasteiger partial charge in [0, 0.05) is 12.8 Å². The summed E-state index contributed by atoms with van der Waals surface area (Å²) in [5, 5.41) is 9.35. The van der Waals surface area contributed by atoms with Crippen LogP contribution in [-0.2, 0) is 31.2 Å². The number of nitrogens with zero attached hydrogens (tertiary/aromatic N) is 1. The average Bonchev–Trinajstić information content (AvgIpc) is 2.83. The van der Waals surface area contributed by atoms with Crippen molar-refractivity contribution in [2.24, 2.45) is 0 Å². The zero-order valence-electron chi connectivity index (χ0n) is 19.5. The first-order valence-corrected chi connectivity index (χ1v) is 14.5. The predicted octanol–water partition coefficient (Wildman–Crippen LogP) is 3.50. The largest absolute Gasteiger partial charge is 0.457 e. The number of rotatable bonds is 9. The molecule has 3 aromatic carbocycles. The summed E-state index contributed by atoms with van der Waals surface area (Å²) >= 11 is 0. The molecule has 0 atom stereocenters. The fourth-order valence-corrected chi connectivity index (χ4v) is 6.53. The van der Waals surface area contributed by atoms with Crippen LogP contribution in [0.2, 0.25) is 0 Å². The third-order valence-electron chi connectivity index (χ3n) is 6.25. The molecule has 0 bridgehead atoms. The molecule has 0 aliphatic heterocycles. The normalized spacial score (nSPS) is 15.2. The van der Waals surface area contributed by atoms with Crippen molar-refractivity contribution < 1.29 is 31.6 Å². The van der Waals surface area contributed by atoms with E-state index < -0.39 is 31.3 Å². The van der Waals surface area contributed by atoms with Crippen LogP contribution in [0.1, 0.15) is 24.8 Å². The van der Waals surface area contributed by atoms with Crippen molar-refractivity contribution in [1.82, 2.24) is 9.79 Å². The highest BCUT2D eigenvalue weighted by Gasteiger charge is 2.54. The summed E-state index contributed by atoms with van der Waals surface area (Å²) in [5.74, 6) is -0.0235. The molecule has 0 aromatic heterocycles. The van der Waals surface area contributed by atoms with Gasteiger partial charge in [-0.15, -0.1) is 0 Å². The second-order valence-corrected chi connectivity index (χ2v) is 12.5. The predicted molar refractivity (Wildman–Crippen MR) is 132 cm³/mol. The van der Waals surface area contributed by atoms with Crippen LogP contribution >= 0.6 is 0 Å². The Morgan fingerprint density at radius 3 is 1.86 bits per heavy atom. The molecule has 1 fully saturated rings. The lowest BCUT2D eigenvalue weighted by Gasteiger charge is -2.47. The summed E-state index contributed by atoms with van der Waals surface area (Å²) in [6, 6.07) is 20.5. The van der Waals surface area contributed by atoms with Gasteiger partial charge in [-0.1, -0.05) is 30.3 Å². The minimum absolute atomic E-state index is 0.0322. The summed E-state index contributed by atoms with van der Waals surface area (Å²) < 4.78 is 57.7. The number of ether oxygens (including phenoxy) is 1. The molecule has 0 heterocycles. The van der Waals surface area contributed by atoms with Crippen molar-refractivity contribution in [3.63, 3.8) is 0 Å². The number of carbonyl (C=O) groups excluding carboxylic acids is 1. The Kier molecular flexibility index (Phi) is 7.19. The number of hydrogen-bond acceptors (Lipinski definition) is 7. The van der Waals surface area contributed by atoms with Gasteiger partial charge in [-0.2, -0.15) is 4.31 Å². The number of hydrogen-bond donors (Lipinski definition) is 2. The molecular formula is C25H26N2O7S2. The van der Waals surface area contributed by atoms with E-state index in [0.29, 0.717) is 23.5 Å². The molecule has 0 spiro atoms. The van der Waals surface area contributed by atoms with Gasteiger partial charge in [0.2, 0.25) is 10.0 Å². The molecule has 2 N–H and O–H groups in total. The van der Waals surface area contributed by atoms with Crippen molar-refractivity contribution in [2.45, 2.75) is 41.1 Å². The van der Waals surface area contributed by atoms with Crippen LogP contribution in [0, 0.1) is 0 Å². The van der Waals surface area contributed by atoms with E-state index in [2.05, 4.69) is 0 Å². The van der Waals surface area contributed by atoms with E-state index in [0.717, 1.165) is 10.6 Å². The zero-order valence-corrected chi connectivity index (χ0v) is 21.1. The van der Waals surface area contributed by atoms with Gasteiger partial charge in [-0.05, 0) is 73.4 Å². The lowest BCUT2D eigenvalue weighted by Crippen LogP contribution is -2.63. The minimum atomic E-state index is -4.15. The van der Waals surface area contributed by atoms with E-state index in [-0.39, 0.29) is 29.2 Å². The smallest absolute Gasteiger partial charge is 0.264 e. The molecule has 4 rings (SSSR count). The van der Waals surface area contributed by atoms with Gasteiger partial charge in [-0.25, -0.2) is 22.3 Å². The van der Waals surface area contributed by atoms with Gasteiger partial charge in [0.1, 0.15) is 17.0 Å². The summed E-state index contributed by atoms with van der Waals surface area (Å²) in [7, 11) is -7.48. The van der Waals surface area contributed by atoms with Crippen LogP contribution in [0.25, 0.3) is 0 Å². The summed E-state index contributed by atoms with van der Waals surface area (Å²) in [5.41, 5.74) is 0.960. The summed E-state index contributed by atoms with van der Waals surface area (Å²) in [6.07, 6.45) is 2.34. The third kappa shape index (κ3) is 5.14. The molecule has 0 radical (unpaired) electrons. The number of sulfone groups is 1. The number of nitrogens with one attached hydrogen (secondary N) is 1. The van der Waals surface area contributed by atoms with E-state index in [1.54, 1.807) is 29.7 Å². The van der Waals surface area contributed by atoms with Gasteiger partial charge in [0.15, 0.2) is 9.84 Å². The highest BCUT2D eigenvalue weighted by molar-refractivity contribution is 7.90. The molecule has 1 aliphatic carbocycles. The highest BCUT2D eigenvalue weighted by Crippen LogP contribution is 2.42. The molecular weight excluding hydrogens is 504 g/mol. The molecule has 1 aliphatic rings. The second kappa shape index (κ2) is 10.0. The van der Waals surface area contributed by atoms with Crippen molar-refractivity contribution in [3.8, 4) is 11.5 Å². The van der Waals surface area contributed by atoms with Crippen LogP contribution < -0.4 is 10.2 Å². The molecule has 0 unspecified atom stereocenters. The van der Waals surface area contributed by atoms with E-state index in [4.69, 9.17) is 4.74 Å². The van der Waals surface area contributed by atoms with E-state index in [9.17, 15) is 26.8 Å². The standard InChI is InChI=1S/C25H26N2O7S2/c1-35(30,31)22-12-8-20(9-13-22)34-21-10-14-23(15-11-21)36(32,33)27(18-19-6-3-2-4-7-19)25(16-5-17-25)24(28)26-29/h2-4,6-15,29H,5,16-18H2,1H3,(H,26,28). The highest BCUT2D eigenvalue weighted by atomic mass is 32.2. The van der Waals surface area contributed by atoms with E-state index in [1.165, 1.54) is 48.5 Å². The molecule has 1 amide bonds. The SMILES string of the molecule is CS(=O)(=O)c1ccc(Oc2ccc(S(=O)(=O)N(Cc3ccccc3)C3(C(=O)NO)CCC3)cc2)cc1. The van der Waals surface area contributed by atoms with Crippen molar-refractivity contribution in [3.05, 3.63) is 84.4 Å². The fraction of sp³-hybridized carbons (Fsp3) is 0.240. The fourth-order valence-electron chi connectivity index (χ4n) is 4.12. The molecule has 3 aromatic rings. The lowest BCUT2D eigenvalue weighted by atomic mass is 9.76. The monoisotopic (exact) mass is 530 g/mol. The first kappa shape index (κ1) is 25.8. The topological polar surface area (TPSA) is 130 Å². The van der Waals surface area contributed by atoms with Crippen molar-refractivity contribution in [1.29, 1.82) is 0 Å². The van der Waals surface area contributed by atoms with Crippen LogP contribution in [0.5, 0.6) is 11.5 Å². The Balaban J connectivity index is 1.62. The molecule has 11 heteroatoms. The molecule has 190 valence electrons. The van der Waals surface area contributed by atoms with Crippen molar-refractivity contribution in [2.75, 3.05) is 6.26 Å². The summed E-state index contributed by atoms with van der Waals surface area (Å²) in [4.78, 5) is 12.8. The number of hydroxylamine groups is 1. The Morgan fingerprint density at radius 2 is 1.42 bits per heavy atom. The minimum Gasteiger partial charge on any atom is -0.457 e. The maximum Gasteiger partial charge on any atom is 0.264 e. The Morgan fingerprint density at radius 1 is 0.889 bits per heavy atom. The van der Waals surface area contributed by atoms with Crippen LogP contribution in [-0.4, -0.2) is 44.0 Å². The van der Waals surface area contributed by atoms with E-state index >= 15 is 0 Å². The molecule has 36 heavy (non-hydrogen) atoms. The quantitative estimate of drug-likeness (QED) is 0.320. The van der Waals surface area contributed by atoms with Crippen LogP contribution in [0.15, 0.2) is 88.7 Å². The Labute approximate surface area is 210 Å². The van der Waals surface area contributed by atoms with E-state index in [1.807, 2.05) is 6.07 Å². The summed E-state index contributed by atoms with van der Waals surface area (Å²) in [6.45, 7) is -0.0401.